The molecule has 2 amide bonds. The van der Waals surface area contributed by atoms with Gasteiger partial charge in [0.25, 0.3) is 0 Å². The first-order valence-electron chi connectivity index (χ1n) is 6.75. The Morgan fingerprint density at radius 1 is 1.33 bits per heavy atom. The second-order valence-electron chi connectivity index (χ2n) is 4.94. The number of benzene rings is 1. The van der Waals surface area contributed by atoms with E-state index in [1.165, 1.54) is 31.0 Å². The predicted octanol–water partition coefficient (Wildman–Crippen LogP) is 1.64. The van der Waals surface area contributed by atoms with Crippen LogP contribution in [0.2, 0.25) is 0 Å². The van der Waals surface area contributed by atoms with E-state index in [2.05, 4.69) is 10.6 Å². The maximum atomic E-state index is 11.6. The van der Waals surface area contributed by atoms with Crippen LogP contribution in [0.1, 0.15) is 23.2 Å². The van der Waals surface area contributed by atoms with Crippen molar-refractivity contribution in [3.05, 3.63) is 23.8 Å². The van der Waals surface area contributed by atoms with Gasteiger partial charge in [-0.1, -0.05) is 0 Å². The van der Waals surface area contributed by atoms with Gasteiger partial charge in [0.15, 0.2) is 0 Å². The van der Waals surface area contributed by atoms with E-state index in [1.807, 2.05) is 0 Å². The Bertz CT molecular complexity index is 528. The molecule has 0 radical (unpaired) electrons. The molecular weight excluding hydrogens is 276 g/mol. The number of hydrogen-bond donors (Lipinski definition) is 4. The molecule has 1 aromatic rings. The topological polar surface area (TPSA) is 108 Å². The molecule has 114 valence electrons. The minimum absolute atomic E-state index is 0.263. The lowest BCUT2D eigenvalue weighted by molar-refractivity contribution is 0.0693. The number of phenols is 1. The fraction of sp³-hybridized carbons (Fsp3) is 0.429. The van der Waals surface area contributed by atoms with Gasteiger partial charge in [-0.05, 0) is 37.0 Å². The molecule has 4 N–H and O–H groups in total. The van der Waals surface area contributed by atoms with Gasteiger partial charge in [0.1, 0.15) is 11.3 Å². The van der Waals surface area contributed by atoms with Gasteiger partial charge in [-0.2, -0.15) is 0 Å². The van der Waals surface area contributed by atoms with E-state index < -0.39 is 12.0 Å². The maximum absolute atomic E-state index is 11.6. The lowest BCUT2D eigenvalue weighted by Crippen LogP contribution is -2.31. The van der Waals surface area contributed by atoms with Crippen LogP contribution in [0.4, 0.5) is 10.5 Å². The number of carbonyl (C=O) groups is 2. The molecule has 1 aromatic carbocycles. The Morgan fingerprint density at radius 2 is 2.10 bits per heavy atom. The van der Waals surface area contributed by atoms with Gasteiger partial charge in [-0.15, -0.1) is 0 Å². The molecule has 7 heteroatoms. The lowest BCUT2D eigenvalue weighted by atomic mass is 10.2. The summed E-state index contributed by atoms with van der Waals surface area (Å²) < 4.78 is 5.37. The smallest absolute Gasteiger partial charge is 0.339 e. The fourth-order valence-electron chi connectivity index (χ4n) is 1.73. The number of carbonyl (C=O) groups excluding carboxylic acids is 1. The van der Waals surface area contributed by atoms with Gasteiger partial charge in [0, 0.05) is 18.8 Å². The number of rotatable bonds is 7. The predicted molar refractivity (Wildman–Crippen MR) is 75.6 cm³/mol. The molecule has 1 aliphatic carbocycles. The number of ether oxygens (including phenoxy) is 1. The van der Waals surface area contributed by atoms with E-state index in [0.717, 1.165) is 6.61 Å². The van der Waals surface area contributed by atoms with E-state index in [9.17, 15) is 14.7 Å². The number of amides is 2. The van der Waals surface area contributed by atoms with Gasteiger partial charge in [0.05, 0.1) is 6.61 Å². The number of aromatic hydroxyl groups is 1. The third-order valence-corrected chi connectivity index (χ3v) is 3.07. The second kappa shape index (κ2) is 6.94. The largest absolute Gasteiger partial charge is 0.507 e. The van der Waals surface area contributed by atoms with Crippen molar-refractivity contribution in [2.45, 2.75) is 12.8 Å². The van der Waals surface area contributed by atoms with Crippen molar-refractivity contribution in [1.29, 1.82) is 0 Å². The van der Waals surface area contributed by atoms with E-state index in [-0.39, 0.29) is 11.3 Å². The summed E-state index contributed by atoms with van der Waals surface area (Å²) in [6, 6.07) is 3.39. The number of nitrogens with one attached hydrogen (secondary N) is 2. The molecule has 0 aromatic heterocycles. The lowest BCUT2D eigenvalue weighted by Gasteiger charge is -2.09. The third kappa shape index (κ3) is 4.96. The monoisotopic (exact) mass is 294 g/mol. The average Bonchev–Trinajstić information content (AvgIpc) is 3.24. The van der Waals surface area contributed by atoms with Crippen molar-refractivity contribution in [3.8, 4) is 5.75 Å². The van der Waals surface area contributed by atoms with Crippen LogP contribution in [0.15, 0.2) is 18.2 Å². The Morgan fingerprint density at radius 3 is 2.76 bits per heavy atom. The van der Waals surface area contributed by atoms with Crippen molar-refractivity contribution < 1.29 is 24.5 Å². The Kier molecular flexibility index (Phi) is 4.99. The standard InChI is InChI=1S/C14H18N2O5/c17-12-4-3-10(7-11(12)13(18)19)16-14(20)15-5-6-21-8-9-1-2-9/h3-4,7,9,17H,1-2,5-6,8H2,(H,18,19)(H2,15,16,20). The molecule has 0 atom stereocenters. The summed E-state index contributed by atoms with van der Waals surface area (Å²) in [5.74, 6) is -0.919. The highest BCUT2D eigenvalue weighted by molar-refractivity contribution is 5.95. The molecule has 0 heterocycles. The molecule has 7 nitrogen and oxygen atoms in total. The molecule has 2 rings (SSSR count). The molecule has 0 unspecified atom stereocenters. The SMILES string of the molecule is O=C(NCCOCC1CC1)Nc1ccc(O)c(C(=O)O)c1. The van der Waals surface area contributed by atoms with Gasteiger partial charge in [0.2, 0.25) is 0 Å². The van der Waals surface area contributed by atoms with E-state index in [1.54, 1.807) is 0 Å². The van der Waals surface area contributed by atoms with Crippen LogP contribution < -0.4 is 10.6 Å². The van der Waals surface area contributed by atoms with E-state index in [4.69, 9.17) is 9.84 Å². The van der Waals surface area contributed by atoms with E-state index >= 15 is 0 Å². The van der Waals surface area contributed by atoms with Crippen molar-refractivity contribution in [1.82, 2.24) is 5.32 Å². The van der Waals surface area contributed by atoms with Gasteiger partial charge in [-0.3, -0.25) is 0 Å². The average molecular weight is 294 g/mol. The fourth-order valence-corrected chi connectivity index (χ4v) is 1.73. The van der Waals surface area contributed by atoms with E-state index in [0.29, 0.717) is 24.8 Å². The zero-order chi connectivity index (χ0) is 15.2. The molecule has 21 heavy (non-hydrogen) atoms. The molecule has 0 bridgehead atoms. The van der Waals surface area contributed by atoms with Crippen LogP contribution in [-0.4, -0.2) is 42.0 Å². The van der Waals surface area contributed by atoms with Crippen LogP contribution in [0.25, 0.3) is 0 Å². The van der Waals surface area contributed by atoms with Crippen LogP contribution in [-0.2, 0) is 4.74 Å². The van der Waals surface area contributed by atoms with Crippen molar-refractivity contribution in [2.24, 2.45) is 5.92 Å². The van der Waals surface area contributed by atoms with Gasteiger partial charge >= 0.3 is 12.0 Å². The number of anilines is 1. The van der Waals surface area contributed by atoms with Crippen LogP contribution in [0, 0.1) is 5.92 Å². The van der Waals surface area contributed by atoms with Crippen LogP contribution in [0.3, 0.4) is 0 Å². The Labute approximate surface area is 121 Å². The summed E-state index contributed by atoms with van der Waals surface area (Å²) in [5.41, 5.74) is 0.0298. The van der Waals surface area contributed by atoms with Crippen molar-refractivity contribution in [3.63, 3.8) is 0 Å². The maximum Gasteiger partial charge on any atom is 0.339 e. The summed E-state index contributed by atoms with van der Waals surface area (Å²) in [4.78, 5) is 22.5. The van der Waals surface area contributed by atoms with Crippen molar-refractivity contribution >= 4 is 17.7 Å². The summed E-state index contributed by atoms with van der Waals surface area (Å²) in [6.07, 6.45) is 2.45. The molecule has 1 fully saturated rings. The van der Waals surface area contributed by atoms with Gasteiger partial charge < -0.3 is 25.6 Å². The molecular formula is C14H18N2O5. The third-order valence-electron chi connectivity index (χ3n) is 3.07. The van der Waals surface area contributed by atoms with Crippen LogP contribution in [0.5, 0.6) is 5.75 Å². The quantitative estimate of drug-likeness (QED) is 0.451. The van der Waals surface area contributed by atoms with Crippen LogP contribution >= 0.6 is 0 Å². The Hall–Kier alpha value is -2.28. The minimum Gasteiger partial charge on any atom is -0.507 e. The Balaban J connectivity index is 1.73. The highest BCUT2D eigenvalue weighted by Crippen LogP contribution is 2.28. The van der Waals surface area contributed by atoms with Gasteiger partial charge in [-0.25, -0.2) is 9.59 Å². The summed E-state index contributed by atoms with van der Waals surface area (Å²) in [5, 5.41) is 23.3. The normalized spacial score (nSPS) is 13.7. The number of aromatic carboxylic acids is 1. The number of carboxylic acids is 1. The molecule has 0 aliphatic heterocycles. The number of carboxylic acid groups (broad SMARTS) is 1. The first-order chi connectivity index (χ1) is 10.1. The minimum atomic E-state index is -1.26. The number of hydrogen-bond acceptors (Lipinski definition) is 4. The highest BCUT2D eigenvalue weighted by Gasteiger charge is 2.20. The summed E-state index contributed by atoms with van der Waals surface area (Å²) in [6.45, 7) is 1.56. The molecule has 1 aliphatic rings. The first-order valence-corrected chi connectivity index (χ1v) is 6.75. The molecule has 1 saturated carbocycles. The van der Waals surface area contributed by atoms with Crippen molar-refractivity contribution in [2.75, 3.05) is 25.1 Å². The highest BCUT2D eigenvalue weighted by atomic mass is 16.5. The molecule has 0 saturated heterocycles. The second-order valence-corrected chi connectivity index (χ2v) is 4.94. The summed E-state index contributed by atoms with van der Waals surface area (Å²) >= 11 is 0. The summed E-state index contributed by atoms with van der Waals surface area (Å²) in [7, 11) is 0. The zero-order valence-electron chi connectivity index (χ0n) is 11.5. The zero-order valence-corrected chi connectivity index (χ0v) is 11.5. The first kappa shape index (κ1) is 15.1. The number of urea groups is 1. The molecule has 0 spiro atoms.